The van der Waals surface area contributed by atoms with E-state index in [1.165, 1.54) is 25.5 Å². The molecule has 1 aromatic carbocycles. The van der Waals surface area contributed by atoms with Crippen molar-refractivity contribution in [2.45, 2.75) is 31.7 Å². The van der Waals surface area contributed by atoms with Gasteiger partial charge in [-0.3, -0.25) is 4.79 Å². The Hall–Kier alpha value is -1.35. The lowest BCUT2D eigenvalue weighted by Crippen LogP contribution is -2.27. The lowest BCUT2D eigenvalue weighted by atomic mass is 10.1. The third-order valence-corrected chi connectivity index (χ3v) is 2.42. The Morgan fingerprint density at radius 1 is 1.38 bits per heavy atom. The van der Waals surface area contributed by atoms with E-state index in [1.807, 2.05) is 0 Å². The summed E-state index contributed by atoms with van der Waals surface area (Å²) in [4.78, 5) is 10.2. The van der Waals surface area contributed by atoms with Gasteiger partial charge in [-0.2, -0.15) is 0 Å². The predicted octanol–water partition coefficient (Wildman–Crippen LogP) is 2.07. The van der Waals surface area contributed by atoms with Crippen molar-refractivity contribution in [2.24, 2.45) is 5.73 Å². The molecule has 2 rings (SSSR count). The van der Waals surface area contributed by atoms with E-state index < -0.39 is 6.04 Å². The minimum atomic E-state index is -0.495. The number of esters is 1. The monoisotopic (exact) mass is 221 g/mol. The first-order chi connectivity index (χ1) is 7.65. The van der Waals surface area contributed by atoms with Gasteiger partial charge in [0, 0.05) is 0 Å². The molecule has 1 saturated carbocycles. The zero-order valence-electron chi connectivity index (χ0n) is 9.85. The van der Waals surface area contributed by atoms with Gasteiger partial charge >= 0.3 is 5.97 Å². The van der Waals surface area contributed by atoms with Gasteiger partial charge in [0.1, 0.15) is 6.04 Å². The average Bonchev–Trinajstić information content (AvgIpc) is 3.14. The van der Waals surface area contributed by atoms with Crippen LogP contribution in [0.4, 0.5) is 0 Å². The summed E-state index contributed by atoms with van der Waals surface area (Å²) < 4.78 is 4.25. The third kappa shape index (κ3) is 4.45. The lowest BCUT2D eigenvalue weighted by molar-refractivity contribution is -0.141. The van der Waals surface area contributed by atoms with E-state index in [2.05, 4.69) is 35.1 Å². The average molecular weight is 221 g/mol. The molecule has 1 fully saturated rings. The summed E-state index contributed by atoms with van der Waals surface area (Å²) >= 11 is 0. The van der Waals surface area contributed by atoms with Gasteiger partial charge in [-0.15, -0.1) is 0 Å². The van der Waals surface area contributed by atoms with E-state index >= 15 is 0 Å². The zero-order chi connectivity index (χ0) is 12.0. The molecule has 1 atom stereocenters. The second-order valence-electron chi connectivity index (χ2n) is 4.00. The van der Waals surface area contributed by atoms with Crippen molar-refractivity contribution >= 4 is 5.97 Å². The van der Waals surface area contributed by atoms with Crippen LogP contribution in [-0.2, 0) is 9.53 Å². The molecule has 0 bridgehead atoms. The summed E-state index contributed by atoms with van der Waals surface area (Å²) in [5.74, 6) is 0.534. The van der Waals surface area contributed by atoms with Crippen molar-refractivity contribution < 1.29 is 9.53 Å². The van der Waals surface area contributed by atoms with Gasteiger partial charge in [-0.25, -0.2) is 0 Å². The normalized spacial score (nSPS) is 15.7. The van der Waals surface area contributed by atoms with Crippen molar-refractivity contribution in [3.63, 3.8) is 0 Å². The number of hydrogen-bond acceptors (Lipinski definition) is 3. The van der Waals surface area contributed by atoms with E-state index in [0.29, 0.717) is 0 Å². The van der Waals surface area contributed by atoms with Crippen LogP contribution in [0.5, 0.6) is 0 Å². The number of hydrogen-bond donors (Lipinski definition) is 1. The van der Waals surface area contributed by atoms with Crippen LogP contribution >= 0.6 is 0 Å². The molecule has 0 spiro atoms. The molecule has 1 aromatic rings. The highest BCUT2D eigenvalue weighted by molar-refractivity contribution is 5.74. The molecule has 0 heterocycles. The van der Waals surface area contributed by atoms with Crippen LogP contribution in [-0.4, -0.2) is 19.1 Å². The maximum absolute atomic E-state index is 10.2. The standard InChI is InChI=1S/C9H10.C4H9NO2/c1-2-4-8(5-3-1)9-6-7-9;1-3(5)4(6)7-2/h1-5,9H,6-7H2;3H,5H2,1-2H3. The molecule has 0 aromatic heterocycles. The Labute approximate surface area is 96.6 Å². The Morgan fingerprint density at radius 2 is 1.94 bits per heavy atom. The summed E-state index contributed by atoms with van der Waals surface area (Å²) in [6.45, 7) is 1.58. The first-order valence-corrected chi connectivity index (χ1v) is 5.53. The number of benzene rings is 1. The molecule has 2 N–H and O–H groups in total. The van der Waals surface area contributed by atoms with Crippen LogP contribution in [0.25, 0.3) is 0 Å². The molecule has 1 unspecified atom stereocenters. The highest BCUT2D eigenvalue weighted by atomic mass is 16.5. The minimum absolute atomic E-state index is 0.375. The molecule has 0 radical (unpaired) electrons. The molecule has 88 valence electrons. The molecule has 3 nitrogen and oxygen atoms in total. The van der Waals surface area contributed by atoms with Crippen molar-refractivity contribution in [1.82, 2.24) is 0 Å². The number of rotatable bonds is 2. The quantitative estimate of drug-likeness (QED) is 0.778. The number of carbonyl (C=O) groups excluding carboxylic acids is 1. The first kappa shape index (κ1) is 12.7. The fourth-order valence-electron chi connectivity index (χ4n) is 1.33. The van der Waals surface area contributed by atoms with Crippen molar-refractivity contribution in [1.29, 1.82) is 0 Å². The van der Waals surface area contributed by atoms with E-state index in [-0.39, 0.29) is 5.97 Å². The van der Waals surface area contributed by atoms with Crippen LogP contribution in [0.15, 0.2) is 30.3 Å². The Bertz CT molecular complexity index is 318. The summed E-state index contributed by atoms with van der Waals surface area (Å²) in [5.41, 5.74) is 6.60. The summed E-state index contributed by atoms with van der Waals surface area (Å²) in [6.07, 6.45) is 2.81. The molecule has 0 saturated heterocycles. The molecule has 3 heteroatoms. The second-order valence-corrected chi connectivity index (χ2v) is 4.00. The summed E-state index contributed by atoms with van der Waals surface area (Å²) in [6, 6.07) is 10.3. The molecular formula is C13H19NO2. The van der Waals surface area contributed by atoms with Crippen LogP contribution < -0.4 is 5.73 Å². The fraction of sp³-hybridized carbons (Fsp3) is 0.462. The number of methoxy groups -OCH3 is 1. The topological polar surface area (TPSA) is 52.3 Å². The van der Waals surface area contributed by atoms with Gasteiger partial charge < -0.3 is 10.5 Å². The Kier molecular flexibility index (Phi) is 4.99. The lowest BCUT2D eigenvalue weighted by Gasteiger charge is -1.98. The predicted molar refractivity (Wildman–Crippen MR) is 64.1 cm³/mol. The Balaban J connectivity index is 0.000000168. The first-order valence-electron chi connectivity index (χ1n) is 5.53. The maximum atomic E-state index is 10.2. The van der Waals surface area contributed by atoms with Crippen LogP contribution in [0.2, 0.25) is 0 Å². The molecular weight excluding hydrogens is 202 g/mol. The van der Waals surface area contributed by atoms with Gasteiger partial charge in [-0.05, 0) is 31.2 Å². The van der Waals surface area contributed by atoms with E-state index in [4.69, 9.17) is 5.73 Å². The van der Waals surface area contributed by atoms with Crippen molar-refractivity contribution in [3.8, 4) is 0 Å². The van der Waals surface area contributed by atoms with E-state index in [0.717, 1.165) is 5.92 Å². The van der Waals surface area contributed by atoms with Crippen molar-refractivity contribution in [2.75, 3.05) is 7.11 Å². The van der Waals surface area contributed by atoms with Crippen LogP contribution in [0.3, 0.4) is 0 Å². The zero-order valence-corrected chi connectivity index (χ0v) is 9.85. The summed E-state index contributed by atoms with van der Waals surface area (Å²) in [7, 11) is 1.31. The fourth-order valence-corrected chi connectivity index (χ4v) is 1.33. The summed E-state index contributed by atoms with van der Waals surface area (Å²) in [5, 5.41) is 0. The number of nitrogens with two attached hydrogens (primary N) is 1. The molecule has 16 heavy (non-hydrogen) atoms. The maximum Gasteiger partial charge on any atom is 0.322 e. The van der Waals surface area contributed by atoms with Gasteiger partial charge in [-0.1, -0.05) is 30.3 Å². The smallest absolute Gasteiger partial charge is 0.322 e. The van der Waals surface area contributed by atoms with Crippen LogP contribution in [0, 0.1) is 0 Å². The molecule has 1 aliphatic carbocycles. The SMILES string of the molecule is COC(=O)C(C)N.c1ccc(C2CC2)cc1. The van der Waals surface area contributed by atoms with Gasteiger partial charge in [0.15, 0.2) is 0 Å². The largest absolute Gasteiger partial charge is 0.468 e. The second kappa shape index (κ2) is 6.28. The van der Waals surface area contributed by atoms with Crippen LogP contribution in [0.1, 0.15) is 31.2 Å². The number of carbonyl (C=O) groups is 1. The number of ether oxygens (including phenoxy) is 1. The highest BCUT2D eigenvalue weighted by Gasteiger charge is 2.22. The minimum Gasteiger partial charge on any atom is -0.468 e. The van der Waals surface area contributed by atoms with Gasteiger partial charge in [0.25, 0.3) is 0 Å². The van der Waals surface area contributed by atoms with E-state index in [1.54, 1.807) is 6.92 Å². The van der Waals surface area contributed by atoms with Gasteiger partial charge in [0.05, 0.1) is 7.11 Å². The molecule has 0 amide bonds. The van der Waals surface area contributed by atoms with Gasteiger partial charge in [0.2, 0.25) is 0 Å². The van der Waals surface area contributed by atoms with Crippen molar-refractivity contribution in [3.05, 3.63) is 35.9 Å². The van der Waals surface area contributed by atoms with E-state index in [9.17, 15) is 4.79 Å². The Morgan fingerprint density at radius 3 is 2.25 bits per heavy atom. The molecule has 1 aliphatic rings. The highest BCUT2D eigenvalue weighted by Crippen LogP contribution is 2.39. The molecule has 0 aliphatic heterocycles. The third-order valence-electron chi connectivity index (χ3n) is 2.42.